The Bertz CT molecular complexity index is 963. The summed E-state index contributed by atoms with van der Waals surface area (Å²) in [6.45, 7) is 0.794. The van der Waals surface area contributed by atoms with Crippen LogP contribution in [-0.4, -0.2) is 35.7 Å². The van der Waals surface area contributed by atoms with Crippen molar-refractivity contribution in [2.45, 2.75) is 23.5 Å². The van der Waals surface area contributed by atoms with Gasteiger partial charge in [0.25, 0.3) is 0 Å². The second kappa shape index (κ2) is 6.08. The number of fused-ring (bicyclic) bond motifs is 2. The summed E-state index contributed by atoms with van der Waals surface area (Å²) in [5.41, 5.74) is 1.42. The minimum atomic E-state index is -3.49. The Kier molecular flexibility index (Phi) is 4.09. The number of halogens is 1. The molecule has 4 rings (SSSR count). The molecule has 1 aliphatic carbocycles. The van der Waals surface area contributed by atoms with E-state index in [-0.39, 0.29) is 16.1 Å². The highest BCUT2D eigenvalue weighted by Crippen LogP contribution is 2.49. The SMILES string of the molecule is [B]c1cc(F)cc(Oc2ccc(S(C)(=O)=O)c3c2CCC32OCCO2)c1. The number of benzene rings is 2. The molecule has 134 valence electrons. The van der Waals surface area contributed by atoms with Gasteiger partial charge in [-0.25, -0.2) is 12.8 Å². The number of hydrogen-bond donors (Lipinski definition) is 0. The lowest BCUT2D eigenvalue weighted by Gasteiger charge is -2.25. The first-order valence-electron chi connectivity index (χ1n) is 8.17. The number of hydrogen-bond acceptors (Lipinski definition) is 5. The monoisotopic (exact) mass is 374 g/mol. The Balaban J connectivity index is 1.85. The van der Waals surface area contributed by atoms with Crippen LogP contribution in [0, 0.1) is 5.82 Å². The fourth-order valence-electron chi connectivity index (χ4n) is 3.61. The highest BCUT2D eigenvalue weighted by molar-refractivity contribution is 7.90. The normalized spacial score (nSPS) is 18.2. The first kappa shape index (κ1) is 17.5. The second-order valence-corrected chi connectivity index (χ2v) is 8.44. The van der Waals surface area contributed by atoms with Crippen molar-refractivity contribution in [2.75, 3.05) is 19.5 Å². The maximum atomic E-state index is 13.6. The summed E-state index contributed by atoms with van der Waals surface area (Å²) in [5, 5.41) is 0. The molecule has 1 saturated heterocycles. The van der Waals surface area contributed by atoms with Gasteiger partial charge in [0.05, 0.1) is 18.1 Å². The molecule has 5 nitrogen and oxygen atoms in total. The lowest BCUT2D eigenvalue weighted by atomic mass is 9.96. The molecule has 0 saturated carbocycles. The third-order valence-corrected chi connectivity index (χ3v) is 5.73. The zero-order chi connectivity index (χ0) is 18.5. The Morgan fingerprint density at radius 2 is 1.92 bits per heavy atom. The molecule has 1 spiro atoms. The largest absolute Gasteiger partial charge is 0.457 e. The predicted octanol–water partition coefficient (Wildman–Crippen LogP) is 1.96. The van der Waals surface area contributed by atoms with Crippen LogP contribution >= 0.6 is 0 Å². The van der Waals surface area contributed by atoms with Crippen LogP contribution in [0.5, 0.6) is 11.5 Å². The van der Waals surface area contributed by atoms with Crippen LogP contribution in [0.2, 0.25) is 0 Å². The molecule has 0 unspecified atom stereocenters. The highest BCUT2D eigenvalue weighted by Gasteiger charge is 2.48. The van der Waals surface area contributed by atoms with Crippen molar-refractivity contribution >= 4 is 23.1 Å². The average Bonchev–Trinajstić information content (AvgIpc) is 3.15. The molecule has 1 fully saturated rings. The number of sulfone groups is 1. The molecular weight excluding hydrogens is 358 g/mol. The number of rotatable bonds is 3. The standard InChI is InChI=1S/C18H16BFO5S/c1-26(21,22)16-3-2-15(25-13-9-11(19)8-12(20)10-13)14-4-5-18(17(14)16)23-6-7-24-18/h2-3,8-10H,4-7H2,1H3. The minimum absolute atomic E-state index is 0.165. The van der Waals surface area contributed by atoms with Gasteiger partial charge in [-0.05, 0) is 30.7 Å². The molecule has 2 aromatic rings. The summed E-state index contributed by atoms with van der Waals surface area (Å²) >= 11 is 0. The second-order valence-electron chi connectivity index (χ2n) is 6.46. The lowest BCUT2D eigenvalue weighted by Crippen LogP contribution is -2.26. The van der Waals surface area contributed by atoms with E-state index in [0.717, 1.165) is 6.26 Å². The lowest BCUT2D eigenvalue weighted by molar-refractivity contribution is -0.164. The molecule has 8 heteroatoms. The van der Waals surface area contributed by atoms with Gasteiger partial charge in [-0.15, -0.1) is 0 Å². The van der Waals surface area contributed by atoms with Crippen LogP contribution in [0.1, 0.15) is 17.5 Å². The molecule has 1 aliphatic heterocycles. The van der Waals surface area contributed by atoms with E-state index in [1.807, 2.05) is 0 Å². The van der Waals surface area contributed by atoms with E-state index in [4.69, 9.17) is 22.1 Å². The Hall–Kier alpha value is -1.90. The van der Waals surface area contributed by atoms with Crippen molar-refractivity contribution in [2.24, 2.45) is 0 Å². The van der Waals surface area contributed by atoms with Gasteiger partial charge < -0.3 is 14.2 Å². The van der Waals surface area contributed by atoms with E-state index in [1.165, 1.54) is 24.3 Å². The van der Waals surface area contributed by atoms with Gasteiger partial charge in [-0.2, -0.15) is 0 Å². The summed E-state index contributed by atoms with van der Waals surface area (Å²) < 4.78 is 55.5. The van der Waals surface area contributed by atoms with E-state index < -0.39 is 21.4 Å². The molecule has 0 N–H and O–H groups in total. The minimum Gasteiger partial charge on any atom is -0.457 e. The fourth-order valence-corrected chi connectivity index (χ4v) is 4.57. The summed E-state index contributed by atoms with van der Waals surface area (Å²) in [7, 11) is 2.17. The van der Waals surface area contributed by atoms with Crippen LogP contribution < -0.4 is 10.2 Å². The van der Waals surface area contributed by atoms with E-state index in [1.54, 1.807) is 6.07 Å². The quantitative estimate of drug-likeness (QED) is 0.769. The molecule has 2 aromatic carbocycles. The Morgan fingerprint density at radius 3 is 2.58 bits per heavy atom. The average molecular weight is 374 g/mol. The Morgan fingerprint density at radius 1 is 1.19 bits per heavy atom. The predicted molar refractivity (Wildman–Crippen MR) is 93.3 cm³/mol. The van der Waals surface area contributed by atoms with Crippen molar-refractivity contribution in [3.63, 3.8) is 0 Å². The van der Waals surface area contributed by atoms with Crippen LogP contribution in [-0.2, 0) is 31.5 Å². The summed E-state index contributed by atoms with van der Waals surface area (Å²) in [5.74, 6) is -0.892. The Labute approximate surface area is 152 Å². The van der Waals surface area contributed by atoms with E-state index in [9.17, 15) is 12.8 Å². The van der Waals surface area contributed by atoms with Gasteiger partial charge in [-0.1, -0.05) is 5.46 Å². The van der Waals surface area contributed by atoms with Crippen LogP contribution in [0.4, 0.5) is 4.39 Å². The molecule has 26 heavy (non-hydrogen) atoms. The third kappa shape index (κ3) is 2.92. The first-order chi connectivity index (χ1) is 12.3. The van der Waals surface area contributed by atoms with E-state index >= 15 is 0 Å². The van der Waals surface area contributed by atoms with E-state index in [0.29, 0.717) is 42.9 Å². The van der Waals surface area contributed by atoms with Gasteiger partial charge in [0, 0.05) is 29.9 Å². The molecule has 0 atom stereocenters. The zero-order valence-corrected chi connectivity index (χ0v) is 14.9. The summed E-state index contributed by atoms with van der Waals surface area (Å²) in [6, 6.07) is 6.97. The topological polar surface area (TPSA) is 61.8 Å². The van der Waals surface area contributed by atoms with Gasteiger partial charge in [0.1, 0.15) is 25.2 Å². The van der Waals surface area contributed by atoms with Crippen molar-refractivity contribution in [1.82, 2.24) is 0 Å². The summed E-state index contributed by atoms with van der Waals surface area (Å²) in [6.07, 6.45) is 2.17. The molecule has 2 radical (unpaired) electrons. The van der Waals surface area contributed by atoms with Crippen LogP contribution in [0.15, 0.2) is 35.2 Å². The van der Waals surface area contributed by atoms with Crippen LogP contribution in [0.3, 0.4) is 0 Å². The number of ether oxygens (including phenoxy) is 3. The third-order valence-electron chi connectivity index (χ3n) is 4.59. The molecule has 2 aliphatic rings. The van der Waals surface area contributed by atoms with Crippen molar-refractivity contribution in [3.05, 3.63) is 47.3 Å². The van der Waals surface area contributed by atoms with Crippen molar-refractivity contribution in [3.8, 4) is 11.5 Å². The van der Waals surface area contributed by atoms with E-state index in [2.05, 4.69) is 0 Å². The van der Waals surface area contributed by atoms with Crippen molar-refractivity contribution < 1.29 is 27.0 Å². The maximum Gasteiger partial charge on any atom is 0.196 e. The molecule has 1 heterocycles. The molecule has 0 amide bonds. The fraction of sp³-hybridized carbons (Fsp3) is 0.333. The molecular formula is C18H16BFO5S. The van der Waals surface area contributed by atoms with Gasteiger partial charge in [-0.3, -0.25) is 0 Å². The smallest absolute Gasteiger partial charge is 0.196 e. The zero-order valence-electron chi connectivity index (χ0n) is 14.1. The van der Waals surface area contributed by atoms with Gasteiger partial charge in [0.15, 0.2) is 15.6 Å². The maximum absolute atomic E-state index is 13.6. The summed E-state index contributed by atoms with van der Waals surface area (Å²) in [4.78, 5) is 0.165. The molecule has 0 bridgehead atoms. The van der Waals surface area contributed by atoms with Crippen LogP contribution in [0.25, 0.3) is 0 Å². The van der Waals surface area contributed by atoms with Crippen molar-refractivity contribution in [1.29, 1.82) is 0 Å². The van der Waals surface area contributed by atoms with Gasteiger partial charge >= 0.3 is 0 Å². The van der Waals surface area contributed by atoms with Gasteiger partial charge in [0.2, 0.25) is 0 Å². The molecule has 0 aromatic heterocycles. The first-order valence-corrected chi connectivity index (χ1v) is 10.1. The highest BCUT2D eigenvalue weighted by atomic mass is 32.2.